The lowest BCUT2D eigenvalue weighted by Gasteiger charge is -2.09. The molecule has 0 saturated heterocycles. The zero-order chi connectivity index (χ0) is 14.3. The Hall–Kier alpha value is -2.24. The number of ether oxygens (including phenoxy) is 3. The van der Waals surface area contributed by atoms with E-state index in [2.05, 4.69) is 9.47 Å². The summed E-state index contributed by atoms with van der Waals surface area (Å²) in [5.74, 6) is -0.355. The summed E-state index contributed by atoms with van der Waals surface area (Å²) in [5.41, 5.74) is 6.51. The Morgan fingerprint density at radius 3 is 2.58 bits per heavy atom. The molecule has 1 aromatic carbocycles. The van der Waals surface area contributed by atoms with E-state index in [1.807, 2.05) is 0 Å². The maximum absolute atomic E-state index is 11.4. The SMILES string of the molecule is COC(=O)CCCOc1cc(C(=O)OC)ccc1N. The zero-order valence-corrected chi connectivity index (χ0v) is 11.0. The van der Waals surface area contributed by atoms with Gasteiger partial charge in [0.25, 0.3) is 0 Å². The van der Waals surface area contributed by atoms with Crippen LogP contribution in [-0.2, 0) is 14.3 Å². The number of carbonyl (C=O) groups is 2. The minimum absolute atomic E-state index is 0.271. The van der Waals surface area contributed by atoms with Gasteiger partial charge in [0.1, 0.15) is 5.75 Å². The second kappa shape index (κ2) is 7.25. The molecule has 0 aliphatic heterocycles. The lowest BCUT2D eigenvalue weighted by Crippen LogP contribution is -2.07. The third kappa shape index (κ3) is 4.50. The Balaban J connectivity index is 2.57. The number of nitrogen functional groups attached to an aromatic ring is 1. The molecule has 0 fully saturated rings. The van der Waals surface area contributed by atoms with Gasteiger partial charge < -0.3 is 19.9 Å². The fourth-order valence-electron chi connectivity index (χ4n) is 1.40. The molecule has 0 aliphatic rings. The molecule has 1 aromatic rings. The van der Waals surface area contributed by atoms with Crippen LogP contribution in [0.15, 0.2) is 18.2 Å². The molecule has 1 rings (SSSR count). The predicted octanol–water partition coefficient (Wildman–Crippen LogP) is 1.39. The summed E-state index contributed by atoms with van der Waals surface area (Å²) in [4.78, 5) is 22.3. The van der Waals surface area contributed by atoms with Gasteiger partial charge in [-0.1, -0.05) is 0 Å². The average molecular weight is 267 g/mol. The molecule has 2 N–H and O–H groups in total. The van der Waals surface area contributed by atoms with Gasteiger partial charge in [-0.05, 0) is 24.6 Å². The highest BCUT2D eigenvalue weighted by atomic mass is 16.5. The maximum atomic E-state index is 11.4. The number of esters is 2. The molecule has 0 unspecified atom stereocenters. The zero-order valence-electron chi connectivity index (χ0n) is 11.0. The van der Waals surface area contributed by atoms with E-state index >= 15 is 0 Å². The van der Waals surface area contributed by atoms with Crippen molar-refractivity contribution in [3.05, 3.63) is 23.8 Å². The van der Waals surface area contributed by atoms with Crippen molar-refractivity contribution in [3.8, 4) is 5.75 Å². The lowest BCUT2D eigenvalue weighted by atomic mass is 10.2. The summed E-state index contributed by atoms with van der Waals surface area (Å²) in [6, 6.07) is 4.64. The second-order valence-corrected chi connectivity index (χ2v) is 3.77. The maximum Gasteiger partial charge on any atom is 0.337 e. The molecular formula is C13H17NO5. The highest BCUT2D eigenvalue weighted by Crippen LogP contribution is 2.23. The monoisotopic (exact) mass is 267 g/mol. The summed E-state index contributed by atoms with van der Waals surface area (Å²) >= 11 is 0. The molecule has 0 radical (unpaired) electrons. The van der Waals surface area contributed by atoms with Crippen molar-refractivity contribution < 1.29 is 23.8 Å². The number of methoxy groups -OCH3 is 2. The standard InChI is InChI=1S/C13H17NO5/c1-17-12(15)4-3-7-19-11-8-9(13(16)18-2)5-6-10(11)14/h5-6,8H,3-4,7,14H2,1-2H3. The van der Waals surface area contributed by atoms with Crippen LogP contribution in [0.2, 0.25) is 0 Å². The normalized spacial score (nSPS) is 9.79. The van der Waals surface area contributed by atoms with E-state index in [0.717, 1.165) is 0 Å². The number of carbonyl (C=O) groups excluding carboxylic acids is 2. The van der Waals surface area contributed by atoms with Gasteiger partial charge >= 0.3 is 11.9 Å². The van der Waals surface area contributed by atoms with Gasteiger partial charge in [-0.25, -0.2) is 4.79 Å². The first-order valence-corrected chi connectivity index (χ1v) is 5.76. The summed E-state index contributed by atoms with van der Waals surface area (Å²) in [5, 5.41) is 0. The van der Waals surface area contributed by atoms with Crippen LogP contribution in [0, 0.1) is 0 Å². The van der Waals surface area contributed by atoms with E-state index in [1.165, 1.54) is 20.3 Å². The Bertz CT molecular complexity index is 458. The highest BCUT2D eigenvalue weighted by Gasteiger charge is 2.09. The van der Waals surface area contributed by atoms with Crippen molar-refractivity contribution in [3.63, 3.8) is 0 Å². The molecule has 0 amide bonds. The minimum Gasteiger partial charge on any atom is -0.491 e. The van der Waals surface area contributed by atoms with Gasteiger partial charge in [-0.2, -0.15) is 0 Å². The van der Waals surface area contributed by atoms with E-state index in [-0.39, 0.29) is 12.4 Å². The van der Waals surface area contributed by atoms with Crippen molar-refractivity contribution in [1.82, 2.24) is 0 Å². The number of rotatable bonds is 6. The summed E-state index contributed by atoms with van der Waals surface area (Å²) < 4.78 is 14.5. The van der Waals surface area contributed by atoms with Gasteiger partial charge in [0, 0.05) is 6.42 Å². The summed E-state index contributed by atoms with van der Waals surface area (Å²) in [6.07, 6.45) is 0.779. The van der Waals surface area contributed by atoms with E-state index in [9.17, 15) is 9.59 Å². The number of nitrogens with two attached hydrogens (primary N) is 1. The van der Waals surface area contributed by atoms with Gasteiger partial charge in [0.05, 0.1) is 32.1 Å². The lowest BCUT2D eigenvalue weighted by molar-refractivity contribution is -0.140. The van der Waals surface area contributed by atoms with Crippen molar-refractivity contribution in [2.75, 3.05) is 26.6 Å². The van der Waals surface area contributed by atoms with E-state index in [0.29, 0.717) is 30.0 Å². The smallest absolute Gasteiger partial charge is 0.337 e. The first-order chi connectivity index (χ1) is 9.08. The number of anilines is 1. The summed E-state index contributed by atoms with van der Waals surface area (Å²) in [6.45, 7) is 0.309. The Morgan fingerprint density at radius 1 is 1.21 bits per heavy atom. The summed E-state index contributed by atoms with van der Waals surface area (Å²) in [7, 11) is 2.64. The molecule has 6 nitrogen and oxygen atoms in total. The average Bonchev–Trinajstić information content (AvgIpc) is 2.44. The topological polar surface area (TPSA) is 87.8 Å². The molecule has 0 saturated carbocycles. The Morgan fingerprint density at radius 2 is 1.95 bits per heavy atom. The fourth-order valence-corrected chi connectivity index (χ4v) is 1.40. The number of benzene rings is 1. The quantitative estimate of drug-likeness (QED) is 0.476. The van der Waals surface area contributed by atoms with Crippen molar-refractivity contribution in [2.45, 2.75) is 12.8 Å². The molecule has 0 aromatic heterocycles. The van der Waals surface area contributed by atoms with Gasteiger partial charge in [-0.3, -0.25) is 4.79 Å². The number of hydrogen-bond acceptors (Lipinski definition) is 6. The van der Waals surface area contributed by atoms with Crippen LogP contribution in [0.1, 0.15) is 23.2 Å². The Labute approximate surface area is 111 Å². The van der Waals surface area contributed by atoms with E-state index in [1.54, 1.807) is 12.1 Å². The van der Waals surface area contributed by atoms with E-state index in [4.69, 9.17) is 10.5 Å². The molecule has 0 atom stereocenters. The molecule has 0 heterocycles. The Kier molecular flexibility index (Phi) is 5.66. The first-order valence-electron chi connectivity index (χ1n) is 5.76. The molecule has 0 bridgehead atoms. The van der Waals surface area contributed by atoms with Gasteiger partial charge in [0.2, 0.25) is 0 Å². The van der Waals surface area contributed by atoms with Crippen molar-refractivity contribution >= 4 is 17.6 Å². The van der Waals surface area contributed by atoms with Crippen molar-refractivity contribution in [1.29, 1.82) is 0 Å². The molecular weight excluding hydrogens is 250 g/mol. The van der Waals surface area contributed by atoms with E-state index < -0.39 is 5.97 Å². The van der Waals surface area contributed by atoms with Crippen LogP contribution < -0.4 is 10.5 Å². The van der Waals surface area contributed by atoms with Gasteiger partial charge in [-0.15, -0.1) is 0 Å². The minimum atomic E-state index is -0.459. The molecule has 0 aliphatic carbocycles. The third-order valence-corrected chi connectivity index (χ3v) is 2.45. The molecule has 6 heteroatoms. The van der Waals surface area contributed by atoms with Crippen LogP contribution in [0.25, 0.3) is 0 Å². The largest absolute Gasteiger partial charge is 0.491 e. The van der Waals surface area contributed by atoms with Crippen molar-refractivity contribution in [2.24, 2.45) is 0 Å². The molecule has 104 valence electrons. The van der Waals surface area contributed by atoms with Crippen LogP contribution in [0.4, 0.5) is 5.69 Å². The third-order valence-electron chi connectivity index (χ3n) is 2.45. The molecule has 19 heavy (non-hydrogen) atoms. The van der Waals surface area contributed by atoms with Crippen LogP contribution in [0.5, 0.6) is 5.75 Å². The van der Waals surface area contributed by atoms with Crippen LogP contribution in [0.3, 0.4) is 0 Å². The first kappa shape index (κ1) is 14.8. The van der Waals surface area contributed by atoms with Gasteiger partial charge in [0.15, 0.2) is 0 Å². The predicted molar refractivity (Wildman–Crippen MR) is 68.9 cm³/mol. The number of hydrogen-bond donors (Lipinski definition) is 1. The highest BCUT2D eigenvalue weighted by molar-refractivity contribution is 5.90. The second-order valence-electron chi connectivity index (χ2n) is 3.77. The van der Waals surface area contributed by atoms with Crippen LogP contribution in [-0.4, -0.2) is 32.8 Å². The fraction of sp³-hybridized carbons (Fsp3) is 0.385. The molecule has 0 spiro atoms. The van der Waals surface area contributed by atoms with Crippen LogP contribution >= 0.6 is 0 Å².